The van der Waals surface area contributed by atoms with Crippen molar-refractivity contribution in [2.75, 3.05) is 13.2 Å². The van der Waals surface area contributed by atoms with Crippen molar-refractivity contribution in [3.05, 3.63) is 53.6 Å². The fourth-order valence-electron chi connectivity index (χ4n) is 4.09. The average molecular weight is 579 g/mol. The molecule has 0 heterocycles. The van der Waals surface area contributed by atoms with E-state index in [2.05, 4.69) is 38.2 Å². The summed E-state index contributed by atoms with van der Waals surface area (Å²) in [4.78, 5) is 25.0. The van der Waals surface area contributed by atoms with E-state index in [0.717, 1.165) is 63.5 Å². The van der Waals surface area contributed by atoms with Crippen LogP contribution in [0.1, 0.15) is 137 Å². The Hall–Kier alpha value is -2.45. The molecule has 0 bridgehead atoms. The summed E-state index contributed by atoms with van der Waals surface area (Å²) in [5.74, 6) is -1.55. The van der Waals surface area contributed by atoms with Gasteiger partial charge in [0.2, 0.25) is 0 Å². The molecule has 7 nitrogen and oxygen atoms in total. The van der Waals surface area contributed by atoms with Gasteiger partial charge in [0.25, 0.3) is 10.1 Å². The van der Waals surface area contributed by atoms with Gasteiger partial charge in [0, 0.05) is 0 Å². The molecule has 1 rings (SSSR count). The molecule has 0 aliphatic carbocycles. The van der Waals surface area contributed by atoms with Gasteiger partial charge >= 0.3 is 11.9 Å². The number of hydrogen-bond donors (Lipinski definition) is 1. The van der Waals surface area contributed by atoms with Crippen molar-refractivity contribution in [3.63, 3.8) is 0 Å². The van der Waals surface area contributed by atoms with E-state index in [1.165, 1.54) is 44.6 Å². The van der Waals surface area contributed by atoms with Gasteiger partial charge in [-0.05, 0) is 95.2 Å². The van der Waals surface area contributed by atoms with Crippen LogP contribution in [-0.2, 0) is 19.6 Å². The maximum absolute atomic E-state index is 12.7. The molecule has 0 aliphatic rings. The zero-order valence-electron chi connectivity index (χ0n) is 24.6. The summed E-state index contributed by atoms with van der Waals surface area (Å²) in [5.41, 5.74) is -0.316. The first kappa shape index (κ1) is 35.6. The summed E-state index contributed by atoms with van der Waals surface area (Å²) in [6.45, 7) is 4.72. The first-order chi connectivity index (χ1) is 19.3. The number of esters is 2. The summed E-state index contributed by atoms with van der Waals surface area (Å²) in [5, 5.41) is 0. The quantitative estimate of drug-likeness (QED) is 0.0599. The number of hydrogen-bond acceptors (Lipinski definition) is 6. The molecule has 1 aromatic rings. The first-order valence-electron chi connectivity index (χ1n) is 15.1. The lowest BCUT2D eigenvalue weighted by Crippen LogP contribution is -2.16. The van der Waals surface area contributed by atoms with Gasteiger partial charge in [-0.3, -0.25) is 4.55 Å². The Kier molecular flexibility index (Phi) is 19.8. The van der Waals surface area contributed by atoms with E-state index in [1.54, 1.807) is 0 Å². The van der Waals surface area contributed by atoms with Crippen molar-refractivity contribution in [1.29, 1.82) is 0 Å². The zero-order chi connectivity index (χ0) is 29.5. The normalized spacial score (nSPS) is 11.9. The van der Waals surface area contributed by atoms with E-state index in [4.69, 9.17) is 9.47 Å². The molecule has 226 valence electrons. The minimum Gasteiger partial charge on any atom is -0.462 e. The van der Waals surface area contributed by atoms with Crippen molar-refractivity contribution >= 4 is 22.1 Å². The van der Waals surface area contributed by atoms with Gasteiger partial charge in [0.15, 0.2) is 0 Å². The number of allylic oxidation sites excluding steroid dienone is 4. The lowest BCUT2D eigenvalue weighted by molar-refractivity contribution is 0.0450. The van der Waals surface area contributed by atoms with Crippen molar-refractivity contribution in [2.45, 2.75) is 121 Å². The van der Waals surface area contributed by atoms with Gasteiger partial charge in [-0.1, -0.05) is 63.8 Å². The minimum atomic E-state index is -4.56. The summed E-state index contributed by atoms with van der Waals surface area (Å²) >= 11 is 0. The van der Waals surface area contributed by atoms with Gasteiger partial charge < -0.3 is 9.47 Å². The topological polar surface area (TPSA) is 107 Å². The molecule has 0 fully saturated rings. The minimum absolute atomic E-state index is 0.0828. The molecule has 0 unspecified atom stereocenters. The number of unbranched alkanes of at least 4 members (excludes halogenated alkanes) is 12. The molecular formula is C32H50O7S. The highest BCUT2D eigenvalue weighted by molar-refractivity contribution is 7.85. The molecule has 0 aromatic heterocycles. The van der Waals surface area contributed by atoms with Crippen LogP contribution >= 0.6 is 0 Å². The smallest absolute Gasteiger partial charge is 0.339 e. The fourth-order valence-corrected chi connectivity index (χ4v) is 4.60. The second-order valence-electron chi connectivity index (χ2n) is 10.1. The van der Waals surface area contributed by atoms with Crippen LogP contribution in [-0.4, -0.2) is 38.1 Å². The maximum Gasteiger partial charge on any atom is 0.339 e. The molecule has 40 heavy (non-hydrogen) atoms. The Labute approximate surface area is 242 Å². The molecule has 0 atom stereocenters. The number of carbonyl (C=O) groups excluding carboxylic acids is 2. The van der Waals surface area contributed by atoms with Crippen LogP contribution in [0.15, 0.2) is 47.4 Å². The Balaban J connectivity index is 2.51. The number of benzene rings is 1. The van der Waals surface area contributed by atoms with Crippen molar-refractivity contribution in [3.8, 4) is 0 Å². The van der Waals surface area contributed by atoms with Crippen LogP contribution in [0.3, 0.4) is 0 Å². The second kappa shape index (κ2) is 22.3. The highest BCUT2D eigenvalue weighted by Gasteiger charge is 2.23. The fraction of sp³-hybridized carbons (Fsp3) is 0.625. The lowest BCUT2D eigenvalue weighted by atomic mass is 10.1. The molecule has 0 amide bonds. The molecule has 1 N–H and O–H groups in total. The van der Waals surface area contributed by atoms with Crippen LogP contribution in [0, 0.1) is 0 Å². The Morgan fingerprint density at radius 3 is 1.50 bits per heavy atom. The summed E-state index contributed by atoms with van der Waals surface area (Å²) < 4.78 is 43.3. The highest BCUT2D eigenvalue weighted by Crippen LogP contribution is 2.19. The van der Waals surface area contributed by atoms with Gasteiger partial charge in [-0.2, -0.15) is 8.42 Å². The SMILES string of the molecule is CCCCC/C=C/CCCCCOC(=O)c1ccc(S(=O)(=O)O)cc1C(=O)OCCCCC/C=C/CCCCC. The number of rotatable bonds is 23. The van der Waals surface area contributed by atoms with Gasteiger partial charge in [-0.25, -0.2) is 9.59 Å². The van der Waals surface area contributed by atoms with E-state index < -0.39 is 27.0 Å². The first-order valence-corrected chi connectivity index (χ1v) is 16.5. The predicted molar refractivity (Wildman–Crippen MR) is 160 cm³/mol. The monoisotopic (exact) mass is 578 g/mol. The van der Waals surface area contributed by atoms with Crippen molar-refractivity contribution in [2.24, 2.45) is 0 Å². The number of ether oxygens (including phenoxy) is 2. The lowest BCUT2D eigenvalue weighted by Gasteiger charge is -2.11. The van der Waals surface area contributed by atoms with Crippen molar-refractivity contribution < 1.29 is 32.0 Å². The molecule has 0 aliphatic heterocycles. The van der Waals surface area contributed by atoms with Gasteiger partial charge in [0.05, 0.1) is 29.2 Å². The Morgan fingerprint density at radius 2 is 1.07 bits per heavy atom. The largest absolute Gasteiger partial charge is 0.462 e. The molecule has 0 radical (unpaired) electrons. The molecule has 1 aromatic carbocycles. The second-order valence-corrected chi connectivity index (χ2v) is 11.5. The van der Waals surface area contributed by atoms with Crippen LogP contribution in [0.25, 0.3) is 0 Å². The van der Waals surface area contributed by atoms with E-state index >= 15 is 0 Å². The van der Waals surface area contributed by atoms with E-state index in [0.29, 0.717) is 12.8 Å². The van der Waals surface area contributed by atoms with Crippen LogP contribution in [0.4, 0.5) is 0 Å². The summed E-state index contributed by atoms with van der Waals surface area (Å²) in [6.07, 6.45) is 25.5. The van der Waals surface area contributed by atoms with Crippen LogP contribution in [0.2, 0.25) is 0 Å². The Bertz CT molecular complexity index is 1010. The summed E-state index contributed by atoms with van der Waals surface area (Å²) in [7, 11) is -4.56. The van der Waals surface area contributed by atoms with Crippen LogP contribution < -0.4 is 0 Å². The van der Waals surface area contributed by atoms with Gasteiger partial charge in [-0.15, -0.1) is 0 Å². The molecule has 0 saturated carbocycles. The van der Waals surface area contributed by atoms with Crippen molar-refractivity contribution in [1.82, 2.24) is 0 Å². The van der Waals surface area contributed by atoms with E-state index in [-0.39, 0.29) is 24.3 Å². The highest BCUT2D eigenvalue weighted by atomic mass is 32.2. The van der Waals surface area contributed by atoms with Crippen LogP contribution in [0.5, 0.6) is 0 Å². The maximum atomic E-state index is 12.7. The summed E-state index contributed by atoms with van der Waals surface area (Å²) in [6, 6.07) is 3.22. The van der Waals surface area contributed by atoms with E-state index in [1.807, 2.05) is 0 Å². The zero-order valence-corrected chi connectivity index (χ0v) is 25.4. The van der Waals surface area contributed by atoms with E-state index in [9.17, 15) is 22.6 Å². The predicted octanol–water partition coefficient (Wildman–Crippen LogP) is 8.64. The average Bonchev–Trinajstić information content (AvgIpc) is 2.93. The molecule has 8 heteroatoms. The third-order valence-corrected chi connectivity index (χ3v) is 7.36. The number of carbonyl (C=O) groups is 2. The third-order valence-electron chi connectivity index (χ3n) is 6.51. The van der Waals surface area contributed by atoms with Gasteiger partial charge in [0.1, 0.15) is 0 Å². The molecule has 0 saturated heterocycles. The molecular weight excluding hydrogens is 528 g/mol. The molecule has 0 spiro atoms. The third kappa shape index (κ3) is 16.6. The standard InChI is InChI=1S/C32H50O7S/c1-3-5-7-9-11-13-15-17-19-21-25-38-31(33)29-24-23-28(40(35,36)37)27-30(29)32(34)39-26-22-20-18-16-14-12-10-8-6-4-2/h11-14,23-24,27H,3-10,15-22,25-26H2,1-2H3,(H,35,36,37)/b13-11+,14-12+. The Morgan fingerprint density at radius 1 is 0.650 bits per heavy atom.